The van der Waals surface area contributed by atoms with Gasteiger partial charge in [0, 0.05) is 18.9 Å². The molecule has 3 aromatic heterocycles. The topological polar surface area (TPSA) is 89.2 Å². The summed E-state index contributed by atoms with van der Waals surface area (Å²) in [6.45, 7) is 0.102. The molecule has 0 unspecified atom stereocenters. The third kappa shape index (κ3) is 4.85. The zero-order valence-corrected chi connectivity index (χ0v) is 15.3. The van der Waals surface area contributed by atoms with Crippen LogP contribution in [0, 0.1) is 0 Å². The van der Waals surface area contributed by atoms with Crippen LogP contribution in [0.2, 0.25) is 0 Å². The van der Waals surface area contributed by atoms with E-state index in [1.54, 1.807) is 12.5 Å². The van der Waals surface area contributed by atoms with Gasteiger partial charge in [0.1, 0.15) is 16.9 Å². The van der Waals surface area contributed by atoms with E-state index >= 15 is 0 Å². The Labute approximate surface area is 158 Å². The highest BCUT2D eigenvalue weighted by atomic mass is 19.4. The highest BCUT2D eigenvalue weighted by molar-refractivity contribution is 5.93. The Bertz CT molecular complexity index is 958. The van der Waals surface area contributed by atoms with Crippen molar-refractivity contribution in [3.05, 3.63) is 24.8 Å². The minimum Gasteiger partial charge on any atom is -0.493 e. The summed E-state index contributed by atoms with van der Waals surface area (Å²) < 4.78 is 43.6. The van der Waals surface area contributed by atoms with Gasteiger partial charge in [0.05, 0.1) is 11.7 Å². The van der Waals surface area contributed by atoms with E-state index in [1.807, 2.05) is 18.7 Å². The van der Waals surface area contributed by atoms with E-state index in [-0.39, 0.29) is 10.9 Å². The van der Waals surface area contributed by atoms with Gasteiger partial charge < -0.3 is 19.3 Å². The Morgan fingerprint density at radius 3 is 2.71 bits per heavy atom. The first-order chi connectivity index (χ1) is 13.2. The second kappa shape index (κ2) is 7.97. The second-order valence-corrected chi connectivity index (χ2v) is 6.44. The number of hydrogen-bond acceptors (Lipinski definition) is 7. The number of aromatic nitrogens is 5. The average Bonchev–Trinajstić information content (AvgIpc) is 3.07. The standard InChI is InChI=1S/C17H19F3N6O2/c1-25(2)6-3-7-26-8-12(22-10-26)14-13-11(4-5-21-14)15(27)24-16(23-13)28-9-17(18,19)20/h4-5,8,10H,3,6-7,9H2,1-2H3,(H,23,24,27). The number of pyridine rings is 1. The molecule has 0 atom stereocenters. The molecule has 1 N–H and O–H groups in total. The summed E-state index contributed by atoms with van der Waals surface area (Å²) in [6.07, 6.45) is 1.24. The van der Waals surface area contributed by atoms with E-state index in [9.17, 15) is 18.3 Å². The molecule has 0 aliphatic rings. The molecule has 0 saturated heterocycles. The van der Waals surface area contributed by atoms with E-state index < -0.39 is 24.7 Å². The monoisotopic (exact) mass is 396 g/mol. The lowest BCUT2D eigenvalue weighted by Gasteiger charge is -2.10. The maximum atomic E-state index is 12.4. The van der Waals surface area contributed by atoms with Crippen molar-refractivity contribution in [2.75, 3.05) is 27.2 Å². The van der Waals surface area contributed by atoms with Gasteiger partial charge in [0.25, 0.3) is 0 Å². The summed E-state index contributed by atoms with van der Waals surface area (Å²) >= 11 is 0. The van der Waals surface area contributed by atoms with Crippen molar-refractivity contribution in [3.63, 3.8) is 0 Å². The Hall–Kier alpha value is -2.95. The van der Waals surface area contributed by atoms with E-state index in [0.717, 1.165) is 19.5 Å². The van der Waals surface area contributed by atoms with Crippen molar-refractivity contribution in [3.8, 4) is 23.3 Å². The summed E-state index contributed by atoms with van der Waals surface area (Å²) in [5, 5.41) is 10.3. The largest absolute Gasteiger partial charge is 0.493 e. The second-order valence-electron chi connectivity index (χ2n) is 6.44. The molecule has 28 heavy (non-hydrogen) atoms. The lowest BCUT2D eigenvalue weighted by molar-refractivity contribution is -0.154. The van der Waals surface area contributed by atoms with Crippen LogP contribution in [0.5, 0.6) is 11.9 Å². The molecule has 0 spiro atoms. The Morgan fingerprint density at radius 1 is 1.21 bits per heavy atom. The highest BCUT2D eigenvalue weighted by Gasteiger charge is 2.29. The molecule has 0 amide bonds. The molecule has 0 aromatic carbocycles. The molecule has 0 radical (unpaired) electrons. The number of rotatable bonds is 7. The van der Waals surface area contributed by atoms with Crippen LogP contribution in [0.4, 0.5) is 13.2 Å². The van der Waals surface area contributed by atoms with E-state index in [4.69, 9.17) is 0 Å². The molecular formula is C17H19F3N6O2. The average molecular weight is 396 g/mol. The predicted molar refractivity (Wildman–Crippen MR) is 94.9 cm³/mol. The molecule has 11 heteroatoms. The minimum absolute atomic E-state index is 0.158. The van der Waals surface area contributed by atoms with Gasteiger partial charge in [-0.2, -0.15) is 23.1 Å². The van der Waals surface area contributed by atoms with Crippen molar-refractivity contribution in [1.82, 2.24) is 29.4 Å². The molecule has 8 nitrogen and oxygen atoms in total. The van der Waals surface area contributed by atoms with Crippen molar-refractivity contribution < 1.29 is 23.0 Å². The number of alkyl halides is 3. The van der Waals surface area contributed by atoms with Crippen molar-refractivity contribution >= 4 is 10.9 Å². The maximum Gasteiger partial charge on any atom is 0.422 e. The van der Waals surface area contributed by atoms with Gasteiger partial charge in [0.2, 0.25) is 5.88 Å². The molecule has 0 saturated carbocycles. The predicted octanol–water partition coefficient (Wildman–Crippen LogP) is 2.49. The fraction of sp³-hybridized carbons (Fsp3) is 0.412. The van der Waals surface area contributed by atoms with Gasteiger partial charge in [0.15, 0.2) is 6.61 Å². The van der Waals surface area contributed by atoms with Crippen LogP contribution in [0.15, 0.2) is 24.8 Å². The lowest BCUT2D eigenvalue weighted by Crippen LogP contribution is -2.20. The third-order valence-electron chi connectivity index (χ3n) is 3.84. The number of hydrogen-bond donors (Lipinski definition) is 1. The van der Waals surface area contributed by atoms with Crippen molar-refractivity contribution in [2.45, 2.75) is 19.1 Å². The van der Waals surface area contributed by atoms with Crippen LogP contribution in [-0.4, -0.2) is 67.9 Å². The van der Waals surface area contributed by atoms with Gasteiger partial charge >= 0.3 is 12.2 Å². The number of nitrogens with zero attached hydrogens (tertiary/aromatic N) is 6. The first-order valence-electron chi connectivity index (χ1n) is 8.45. The van der Waals surface area contributed by atoms with Gasteiger partial charge in [-0.25, -0.2) is 4.98 Å². The zero-order valence-electron chi connectivity index (χ0n) is 15.3. The normalized spacial score (nSPS) is 12.1. The summed E-state index contributed by atoms with van der Waals surface area (Å²) in [5.74, 6) is -0.490. The lowest BCUT2D eigenvalue weighted by atomic mass is 10.2. The third-order valence-corrected chi connectivity index (χ3v) is 3.84. The summed E-state index contributed by atoms with van der Waals surface area (Å²) in [5.41, 5.74) is 0.958. The number of aryl methyl sites for hydroxylation is 1. The molecule has 0 aliphatic carbocycles. The maximum absolute atomic E-state index is 12.4. The van der Waals surface area contributed by atoms with E-state index in [2.05, 4.69) is 29.6 Å². The Kier molecular flexibility index (Phi) is 5.63. The summed E-state index contributed by atoms with van der Waals surface area (Å²) in [6, 6.07) is 0.887. The molecule has 3 aromatic rings. The SMILES string of the molecule is CN(C)CCCn1cnc(-c2nccc3c(O)nc(OCC(F)(F)F)nc23)c1. The quantitative estimate of drug-likeness (QED) is 0.656. The van der Waals surface area contributed by atoms with Crippen molar-refractivity contribution in [2.24, 2.45) is 0 Å². The number of aromatic hydroxyl groups is 1. The molecule has 3 rings (SSSR count). The molecule has 3 heterocycles. The van der Waals surface area contributed by atoms with Crippen LogP contribution < -0.4 is 4.74 Å². The molecule has 150 valence electrons. The number of ether oxygens (including phenoxy) is 1. The summed E-state index contributed by atoms with van der Waals surface area (Å²) in [4.78, 5) is 18.2. The van der Waals surface area contributed by atoms with Crippen LogP contribution in [0.25, 0.3) is 22.3 Å². The first kappa shape index (κ1) is 19.8. The van der Waals surface area contributed by atoms with Gasteiger partial charge in [-0.15, -0.1) is 0 Å². The minimum atomic E-state index is -4.54. The number of halogens is 3. The fourth-order valence-electron chi connectivity index (χ4n) is 2.59. The Balaban J connectivity index is 1.91. The molecule has 0 fully saturated rings. The smallest absolute Gasteiger partial charge is 0.422 e. The van der Waals surface area contributed by atoms with Crippen molar-refractivity contribution in [1.29, 1.82) is 0 Å². The van der Waals surface area contributed by atoms with Crippen LogP contribution in [-0.2, 0) is 6.54 Å². The van der Waals surface area contributed by atoms with E-state index in [0.29, 0.717) is 11.4 Å². The molecular weight excluding hydrogens is 377 g/mol. The van der Waals surface area contributed by atoms with Gasteiger partial charge in [-0.05, 0) is 33.1 Å². The first-order valence-corrected chi connectivity index (χ1v) is 8.45. The van der Waals surface area contributed by atoms with Gasteiger partial charge in [-0.1, -0.05) is 0 Å². The van der Waals surface area contributed by atoms with Crippen LogP contribution >= 0.6 is 0 Å². The van der Waals surface area contributed by atoms with E-state index in [1.165, 1.54) is 12.3 Å². The molecule has 0 bridgehead atoms. The zero-order chi connectivity index (χ0) is 20.3. The highest BCUT2D eigenvalue weighted by Crippen LogP contribution is 2.30. The molecule has 0 aliphatic heterocycles. The summed E-state index contributed by atoms with van der Waals surface area (Å²) in [7, 11) is 3.98. The fourth-order valence-corrected chi connectivity index (χ4v) is 2.59. The van der Waals surface area contributed by atoms with Crippen LogP contribution in [0.1, 0.15) is 6.42 Å². The number of fused-ring (bicyclic) bond motifs is 1. The Morgan fingerprint density at radius 2 is 2.00 bits per heavy atom. The van der Waals surface area contributed by atoms with Crippen LogP contribution in [0.3, 0.4) is 0 Å². The van der Waals surface area contributed by atoms with Gasteiger partial charge in [-0.3, -0.25) is 4.98 Å². The number of imidazole rings is 1.